The number of nitrogens with one attached hydrogen (secondary N) is 2. The van der Waals surface area contributed by atoms with Crippen LogP contribution in [0.15, 0.2) is 35.7 Å². The molecule has 26 heavy (non-hydrogen) atoms. The van der Waals surface area contributed by atoms with E-state index in [1.807, 2.05) is 17.5 Å². The highest BCUT2D eigenvalue weighted by molar-refractivity contribution is 7.10. The van der Waals surface area contributed by atoms with Gasteiger partial charge in [0.15, 0.2) is 11.5 Å². The van der Waals surface area contributed by atoms with E-state index in [1.165, 1.54) is 11.3 Å². The molecule has 0 saturated carbocycles. The molecule has 0 radical (unpaired) electrons. The van der Waals surface area contributed by atoms with Crippen LogP contribution in [0.25, 0.3) is 0 Å². The topological polar surface area (TPSA) is 112 Å². The molecule has 8 nitrogen and oxygen atoms in total. The average molecular weight is 377 g/mol. The summed E-state index contributed by atoms with van der Waals surface area (Å²) < 4.78 is 16.1. The molecule has 1 aromatic heterocycles. The van der Waals surface area contributed by atoms with E-state index in [1.54, 1.807) is 18.2 Å². The van der Waals surface area contributed by atoms with E-state index in [4.69, 9.17) is 19.9 Å². The summed E-state index contributed by atoms with van der Waals surface area (Å²) in [6, 6.07) is 7.89. The van der Waals surface area contributed by atoms with Crippen molar-refractivity contribution in [1.29, 1.82) is 0 Å². The number of ether oxygens (including phenoxy) is 3. The Balaban J connectivity index is 1.42. The predicted octanol–water partition coefficient (Wildman–Crippen LogP) is 1.77. The van der Waals surface area contributed by atoms with Crippen LogP contribution >= 0.6 is 11.3 Å². The standard InChI is InChI=1S/C17H19N3O5S/c18-17(22)20-12(15-2-1-7-26-15)9-16(21)19-5-6-23-11-3-4-13-14(8-11)25-10-24-13/h1-4,7-8,12H,5-6,9-10H2,(H,19,21)(H3,18,20,22). The Morgan fingerprint density at radius 3 is 2.88 bits per heavy atom. The maximum Gasteiger partial charge on any atom is 0.312 e. The van der Waals surface area contributed by atoms with Crippen LogP contribution in [0.4, 0.5) is 4.79 Å². The molecule has 0 fully saturated rings. The Morgan fingerprint density at radius 2 is 2.12 bits per heavy atom. The van der Waals surface area contributed by atoms with Gasteiger partial charge in [-0.25, -0.2) is 4.79 Å². The molecular formula is C17H19N3O5S. The van der Waals surface area contributed by atoms with Crippen LogP contribution in [0.5, 0.6) is 17.2 Å². The molecule has 4 N–H and O–H groups in total. The summed E-state index contributed by atoms with van der Waals surface area (Å²) >= 11 is 1.45. The first kappa shape index (κ1) is 17.9. The number of benzene rings is 1. The van der Waals surface area contributed by atoms with Crippen molar-refractivity contribution in [3.8, 4) is 17.2 Å². The molecule has 1 atom stereocenters. The van der Waals surface area contributed by atoms with E-state index in [0.717, 1.165) is 4.88 Å². The zero-order valence-electron chi connectivity index (χ0n) is 13.9. The van der Waals surface area contributed by atoms with Crippen molar-refractivity contribution in [2.45, 2.75) is 12.5 Å². The average Bonchev–Trinajstić information content (AvgIpc) is 3.28. The molecule has 1 aliphatic rings. The largest absolute Gasteiger partial charge is 0.492 e. The van der Waals surface area contributed by atoms with Crippen molar-refractivity contribution in [3.63, 3.8) is 0 Å². The maximum atomic E-state index is 12.1. The molecule has 1 aliphatic heterocycles. The number of carbonyl (C=O) groups excluding carboxylic acids is 2. The van der Waals surface area contributed by atoms with E-state index in [9.17, 15) is 9.59 Å². The Hall–Kier alpha value is -2.94. The first-order valence-electron chi connectivity index (χ1n) is 8.00. The summed E-state index contributed by atoms with van der Waals surface area (Å²) in [6.45, 7) is 0.846. The van der Waals surface area contributed by atoms with E-state index in [2.05, 4.69) is 10.6 Å². The molecule has 3 amide bonds. The predicted molar refractivity (Wildman–Crippen MR) is 95.5 cm³/mol. The van der Waals surface area contributed by atoms with Gasteiger partial charge in [0.25, 0.3) is 0 Å². The normalized spacial score (nSPS) is 13.1. The second-order valence-corrected chi connectivity index (χ2v) is 6.47. The van der Waals surface area contributed by atoms with Crippen LogP contribution in [-0.2, 0) is 4.79 Å². The second kappa shape index (κ2) is 8.43. The third-order valence-electron chi connectivity index (χ3n) is 3.63. The number of thiophene rings is 1. The van der Waals surface area contributed by atoms with Crippen LogP contribution < -0.4 is 30.6 Å². The molecule has 2 heterocycles. The smallest absolute Gasteiger partial charge is 0.312 e. The zero-order chi connectivity index (χ0) is 18.4. The third-order valence-corrected chi connectivity index (χ3v) is 4.62. The minimum atomic E-state index is -0.664. The van der Waals surface area contributed by atoms with Crippen LogP contribution in [0, 0.1) is 0 Å². The highest BCUT2D eigenvalue weighted by Gasteiger charge is 2.18. The number of hydrogen-bond donors (Lipinski definition) is 3. The van der Waals surface area contributed by atoms with E-state index in [-0.39, 0.29) is 19.1 Å². The molecule has 1 unspecified atom stereocenters. The molecule has 2 aromatic rings. The molecule has 0 spiro atoms. The Bertz CT molecular complexity index is 766. The number of nitrogens with two attached hydrogens (primary N) is 1. The van der Waals surface area contributed by atoms with Crippen LogP contribution in [-0.4, -0.2) is 31.9 Å². The van der Waals surface area contributed by atoms with Gasteiger partial charge < -0.3 is 30.6 Å². The van der Waals surface area contributed by atoms with Gasteiger partial charge in [-0.2, -0.15) is 0 Å². The minimum Gasteiger partial charge on any atom is -0.492 e. The maximum absolute atomic E-state index is 12.1. The highest BCUT2D eigenvalue weighted by Crippen LogP contribution is 2.35. The first-order valence-corrected chi connectivity index (χ1v) is 8.88. The van der Waals surface area contributed by atoms with Crippen molar-refractivity contribution in [3.05, 3.63) is 40.6 Å². The quantitative estimate of drug-likeness (QED) is 0.607. The fourth-order valence-electron chi connectivity index (χ4n) is 2.47. The molecule has 0 bridgehead atoms. The van der Waals surface area contributed by atoms with Crippen molar-refractivity contribution in [2.75, 3.05) is 19.9 Å². The van der Waals surface area contributed by atoms with Gasteiger partial charge in [-0.15, -0.1) is 11.3 Å². The molecular weight excluding hydrogens is 358 g/mol. The van der Waals surface area contributed by atoms with Gasteiger partial charge in [0.2, 0.25) is 12.7 Å². The fraction of sp³-hybridized carbons (Fsp3) is 0.294. The lowest BCUT2D eigenvalue weighted by molar-refractivity contribution is -0.121. The van der Waals surface area contributed by atoms with Crippen LogP contribution in [0.2, 0.25) is 0 Å². The van der Waals surface area contributed by atoms with Gasteiger partial charge in [0, 0.05) is 10.9 Å². The summed E-state index contributed by atoms with van der Waals surface area (Å²) in [6.07, 6.45) is 0.105. The van der Waals surface area contributed by atoms with Crippen molar-refractivity contribution in [2.24, 2.45) is 5.73 Å². The zero-order valence-corrected chi connectivity index (χ0v) is 14.7. The number of rotatable bonds is 8. The third kappa shape index (κ3) is 4.79. The molecule has 0 saturated heterocycles. The number of amides is 3. The monoisotopic (exact) mass is 377 g/mol. The molecule has 138 valence electrons. The Labute approximate surface area is 154 Å². The van der Waals surface area contributed by atoms with Crippen molar-refractivity contribution < 1.29 is 23.8 Å². The number of hydrogen-bond acceptors (Lipinski definition) is 6. The number of fused-ring (bicyclic) bond motifs is 1. The van der Waals surface area contributed by atoms with Gasteiger partial charge >= 0.3 is 6.03 Å². The number of primary amides is 1. The molecule has 9 heteroatoms. The number of urea groups is 1. The summed E-state index contributed by atoms with van der Waals surface area (Å²) in [7, 11) is 0. The van der Waals surface area contributed by atoms with Gasteiger partial charge in [0.1, 0.15) is 12.4 Å². The van der Waals surface area contributed by atoms with Gasteiger partial charge in [-0.05, 0) is 23.6 Å². The lowest BCUT2D eigenvalue weighted by atomic mass is 10.1. The van der Waals surface area contributed by atoms with E-state index < -0.39 is 12.1 Å². The molecule has 0 aliphatic carbocycles. The van der Waals surface area contributed by atoms with Crippen molar-refractivity contribution >= 4 is 23.3 Å². The van der Waals surface area contributed by atoms with E-state index >= 15 is 0 Å². The fourth-order valence-corrected chi connectivity index (χ4v) is 3.25. The van der Waals surface area contributed by atoms with Crippen molar-refractivity contribution in [1.82, 2.24) is 10.6 Å². The van der Waals surface area contributed by atoms with E-state index in [0.29, 0.717) is 30.4 Å². The van der Waals surface area contributed by atoms with Gasteiger partial charge in [-0.3, -0.25) is 4.79 Å². The van der Waals surface area contributed by atoms with Crippen LogP contribution in [0.1, 0.15) is 17.3 Å². The highest BCUT2D eigenvalue weighted by atomic mass is 32.1. The Kier molecular flexibility index (Phi) is 5.80. The first-order chi connectivity index (χ1) is 12.6. The minimum absolute atomic E-state index is 0.105. The lowest BCUT2D eigenvalue weighted by Crippen LogP contribution is -2.37. The second-order valence-electron chi connectivity index (χ2n) is 5.49. The summed E-state index contributed by atoms with van der Waals surface area (Å²) in [4.78, 5) is 24.1. The molecule has 1 aromatic carbocycles. The SMILES string of the molecule is NC(=O)NC(CC(=O)NCCOc1ccc2c(c1)OCO2)c1cccs1. The summed E-state index contributed by atoms with van der Waals surface area (Å²) in [5.41, 5.74) is 5.18. The number of carbonyl (C=O) groups is 2. The summed E-state index contributed by atoms with van der Waals surface area (Å²) in [5.74, 6) is 1.76. The van der Waals surface area contributed by atoms with Gasteiger partial charge in [-0.1, -0.05) is 6.07 Å². The molecule has 3 rings (SSSR count). The summed E-state index contributed by atoms with van der Waals surface area (Å²) in [5, 5.41) is 7.23. The van der Waals surface area contributed by atoms with Gasteiger partial charge in [0.05, 0.1) is 19.0 Å². The Morgan fingerprint density at radius 1 is 1.27 bits per heavy atom. The van der Waals surface area contributed by atoms with Crippen LogP contribution in [0.3, 0.4) is 0 Å². The lowest BCUT2D eigenvalue weighted by Gasteiger charge is -2.16.